The Morgan fingerprint density at radius 2 is 1.53 bits per heavy atom. The molecule has 1 heterocycles. The van der Waals surface area contributed by atoms with Crippen molar-refractivity contribution in [2.45, 2.75) is 18.6 Å². The van der Waals surface area contributed by atoms with Crippen molar-refractivity contribution >= 4 is 23.3 Å². The topological polar surface area (TPSA) is 108 Å². The van der Waals surface area contributed by atoms with Crippen LogP contribution in [0.15, 0.2) is 90.1 Å². The summed E-state index contributed by atoms with van der Waals surface area (Å²) in [7, 11) is 1.41. The molecule has 0 saturated carbocycles. The highest BCUT2D eigenvalue weighted by molar-refractivity contribution is 6.10. The maximum absolute atomic E-state index is 13.3. The molecule has 184 valence electrons. The Bertz CT molecular complexity index is 1240. The van der Waals surface area contributed by atoms with Crippen LogP contribution in [0.2, 0.25) is 0 Å². The minimum atomic E-state index is -0.873. The van der Waals surface area contributed by atoms with Gasteiger partial charge in [0.05, 0.1) is 18.4 Å². The molecule has 0 bridgehead atoms. The van der Waals surface area contributed by atoms with Crippen molar-refractivity contribution in [2.75, 3.05) is 20.2 Å². The van der Waals surface area contributed by atoms with Crippen molar-refractivity contribution in [1.82, 2.24) is 10.2 Å². The standard InChI is InChI=1S/C28H27N3O5/c1-36-30-23-16-24(27(34)29-17-25(32)19-8-4-2-5-9-19)31(18-23)28(35)22-14-12-21(13-15-22)26(33)20-10-6-3-7-11-20/h2-15,24-25,32H,16-18H2,1H3,(H,29,34)/b30-23+/t24-,25+/m0/s1. The number of carbonyl (C=O) groups is 3. The van der Waals surface area contributed by atoms with Crippen LogP contribution in [0.3, 0.4) is 0 Å². The molecule has 1 aliphatic rings. The van der Waals surface area contributed by atoms with Crippen LogP contribution < -0.4 is 5.32 Å². The van der Waals surface area contributed by atoms with Gasteiger partial charge in [-0.2, -0.15) is 0 Å². The maximum atomic E-state index is 13.3. The highest BCUT2D eigenvalue weighted by atomic mass is 16.6. The molecule has 2 amide bonds. The SMILES string of the molecule is CO/N=C1\C[C@@H](C(=O)NC[C@@H](O)c2ccccc2)N(C(=O)c2ccc(C(=O)c3ccccc3)cc2)C1. The lowest BCUT2D eigenvalue weighted by molar-refractivity contribution is -0.125. The van der Waals surface area contributed by atoms with Gasteiger partial charge in [0, 0.05) is 29.7 Å². The second-order valence-corrected chi connectivity index (χ2v) is 8.44. The Balaban J connectivity index is 1.47. The lowest BCUT2D eigenvalue weighted by atomic mass is 10.0. The number of hydrogen-bond acceptors (Lipinski definition) is 6. The fraction of sp³-hybridized carbons (Fsp3) is 0.214. The molecule has 0 aliphatic carbocycles. The van der Waals surface area contributed by atoms with Crippen molar-refractivity contribution in [3.63, 3.8) is 0 Å². The first-order chi connectivity index (χ1) is 17.5. The molecule has 36 heavy (non-hydrogen) atoms. The van der Waals surface area contributed by atoms with E-state index in [9.17, 15) is 19.5 Å². The molecule has 0 aromatic heterocycles. The van der Waals surface area contributed by atoms with Crippen LogP contribution in [0, 0.1) is 0 Å². The Kier molecular flexibility index (Phi) is 7.87. The number of rotatable bonds is 8. The Hall–Kier alpha value is -4.30. The Labute approximate surface area is 209 Å². The predicted molar refractivity (Wildman–Crippen MR) is 135 cm³/mol. The number of nitrogens with one attached hydrogen (secondary N) is 1. The summed E-state index contributed by atoms with van der Waals surface area (Å²) < 4.78 is 0. The number of carbonyl (C=O) groups excluding carboxylic acids is 3. The number of ketones is 1. The molecule has 3 aromatic carbocycles. The number of oxime groups is 1. The molecule has 8 heteroatoms. The number of aliphatic hydroxyl groups is 1. The van der Waals surface area contributed by atoms with Gasteiger partial charge in [0.15, 0.2) is 5.78 Å². The van der Waals surface area contributed by atoms with E-state index in [0.29, 0.717) is 28.0 Å². The summed E-state index contributed by atoms with van der Waals surface area (Å²) in [6.45, 7) is 0.144. The van der Waals surface area contributed by atoms with E-state index < -0.39 is 18.1 Å². The second-order valence-electron chi connectivity index (χ2n) is 8.44. The third-order valence-electron chi connectivity index (χ3n) is 6.03. The molecule has 1 aliphatic heterocycles. The average molecular weight is 486 g/mol. The molecular formula is C28H27N3O5. The molecule has 0 unspecified atom stereocenters. The van der Waals surface area contributed by atoms with Crippen LogP contribution in [-0.2, 0) is 9.63 Å². The van der Waals surface area contributed by atoms with Gasteiger partial charge < -0.3 is 20.2 Å². The highest BCUT2D eigenvalue weighted by Gasteiger charge is 2.38. The smallest absolute Gasteiger partial charge is 0.254 e. The number of benzene rings is 3. The lowest BCUT2D eigenvalue weighted by Gasteiger charge is -2.24. The zero-order valence-electron chi connectivity index (χ0n) is 19.8. The zero-order chi connectivity index (χ0) is 25.5. The third kappa shape index (κ3) is 5.67. The van der Waals surface area contributed by atoms with Gasteiger partial charge in [-0.05, 0) is 17.7 Å². The summed E-state index contributed by atoms with van der Waals surface area (Å²) in [5.74, 6) is -0.895. The lowest BCUT2D eigenvalue weighted by Crippen LogP contribution is -2.46. The maximum Gasteiger partial charge on any atom is 0.254 e. The van der Waals surface area contributed by atoms with Crippen molar-refractivity contribution in [1.29, 1.82) is 0 Å². The van der Waals surface area contributed by atoms with E-state index >= 15 is 0 Å². The van der Waals surface area contributed by atoms with E-state index in [0.717, 1.165) is 0 Å². The molecule has 0 spiro atoms. The average Bonchev–Trinajstić information content (AvgIpc) is 3.36. The van der Waals surface area contributed by atoms with E-state index in [2.05, 4.69) is 10.5 Å². The van der Waals surface area contributed by atoms with Crippen molar-refractivity contribution < 1.29 is 24.3 Å². The molecule has 1 fully saturated rings. The number of aliphatic hydroxyl groups excluding tert-OH is 1. The number of likely N-dealkylation sites (tertiary alicyclic amines) is 1. The molecule has 2 atom stereocenters. The van der Waals surface area contributed by atoms with Crippen LogP contribution in [0.5, 0.6) is 0 Å². The first-order valence-corrected chi connectivity index (χ1v) is 11.6. The van der Waals surface area contributed by atoms with Gasteiger partial charge in [-0.3, -0.25) is 14.4 Å². The molecule has 8 nitrogen and oxygen atoms in total. The fourth-order valence-corrected chi connectivity index (χ4v) is 4.14. The van der Waals surface area contributed by atoms with Crippen molar-refractivity contribution in [2.24, 2.45) is 5.16 Å². The van der Waals surface area contributed by atoms with Gasteiger partial charge in [-0.15, -0.1) is 0 Å². The summed E-state index contributed by atoms with van der Waals surface area (Å²) in [5.41, 5.74) is 2.62. The molecule has 4 rings (SSSR count). The van der Waals surface area contributed by atoms with E-state index in [1.807, 2.05) is 24.3 Å². The molecule has 0 radical (unpaired) electrons. The van der Waals surface area contributed by atoms with E-state index in [-0.39, 0.29) is 31.2 Å². The summed E-state index contributed by atoms with van der Waals surface area (Å²) in [6.07, 6.45) is -0.653. The van der Waals surface area contributed by atoms with Gasteiger partial charge in [0.1, 0.15) is 13.2 Å². The van der Waals surface area contributed by atoms with Crippen LogP contribution in [-0.4, -0.2) is 59.6 Å². The number of nitrogens with zero attached hydrogens (tertiary/aromatic N) is 2. The van der Waals surface area contributed by atoms with Crippen LogP contribution in [0.25, 0.3) is 0 Å². The fourth-order valence-electron chi connectivity index (χ4n) is 4.14. The van der Waals surface area contributed by atoms with Crippen molar-refractivity contribution in [3.8, 4) is 0 Å². The van der Waals surface area contributed by atoms with Gasteiger partial charge in [0.2, 0.25) is 5.91 Å². The predicted octanol–water partition coefficient (Wildman–Crippen LogP) is 2.98. The summed E-state index contributed by atoms with van der Waals surface area (Å²) in [4.78, 5) is 45.3. The van der Waals surface area contributed by atoms with Crippen LogP contribution >= 0.6 is 0 Å². The molecule has 1 saturated heterocycles. The highest BCUT2D eigenvalue weighted by Crippen LogP contribution is 2.21. The van der Waals surface area contributed by atoms with Gasteiger partial charge in [-0.1, -0.05) is 78.0 Å². The minimum absolute atomic E-state index is 0.00836. The van der Waals surface area contributed by atoms with E-state index in [1.165, 1.54) is 12.0 Å². The molecule has 3 aromatic rings. The largest absolute Gasteiger partial charge is 0.399 e. The van der Waals surface area contributed by atoms with E-state index in [1.54, 1.807) is 60.7 Å². The van der Waals surface area contributed by atoms with Crippen LogP contribution in [0.1, 0.15) is 44.4 Å². The van der Waals surface area contributed by atoms with Crippen LogP contribution in [0.4, 0.5) is 0 Å². The Morgan fingerprint density at radius 1 is 0.944 bits per heavy atom. The quantitative estimate of drug-likeness (QED) is 0.377. The number of amides is 2. The third-order valence-corrected chi connectivity index (χ3v) is 6.03. The van der Waals surface area contributed by atoms with Crippen molar-refractivity contribution in [3.05, 3.63) is 107 Å². The zero-order valence-corrected chi connectivity index (χ0v) is 19.8. The first kappa shape index (κ1) is 24.8. The van der Waals surface area contributed by atoms with Gasteiger partial charge in [-0.25, -0.2) is 0 Å². The van der Waals surface area contributed by atoms with E-state index in [4.69, 9.17) is 4.84 Å². The second kappa shape index (κ2) is 11.4. The molecule has 2 N–H and O–H groups in total. The summed E-state index contributed by atoms with van der Waals surface area (Å²) in [5, 5.41) is 17.1. The monoisotopic (exact) mass is 485 g/mol. The van der Waals surface area contributed by atoms with Gasteiger partial charge >= 0.3 is 0 Å². The normalized spacial score (nSPS) is 17.0. The molecular weight excluding hydrogens is 458 g/mol. The van der Waals surface area contributed by atoms with Gasteiger partial charge in [0.25, 0.3) is 5.91 Å². The number of hydrogen-bond donors (Lipinski definition) is 2. The summed E-state index contributed by atoms with van der Waals surface area (Å²) >= 11 is 0. The Morgan fingerprint density at radius 3 is 2.17 bits per heavy atom. The minimum Gasteiger partial charge on any atom is -0.399 e. The first-order valence-electron chi connectivity index (χ1n) is 11.6. The summed E-state index contributed by atoms with van der Waals surface area (Å²) in [6, 6.07) is 23.5.